The molecule has 1 saturated heterocycles. The first-order valence-electron chi connectivity index (χ1n) is 9.60. The van der Waals surface area contributed by atoms with Crippen LogP contribution >= 0.6 is 0 Å². The van der Waals surface area contributed by atoms with E-state index in [9.17, 15) is 19.5 Å². The molecule has 28 heavy (non-hydrogen) atoms. The van der Waals surface area contributed by atoms with Crippen LogP contribution in [0.4, 0.5) is 0 Å². The lowest BCUT2D eigenvalue weighted by atomic mass is 9.98. The maximum atomic E-state index is 12.7. The number of likely N-dealkylation sites (tertiary alicyclic amines) is 1. The van der Waals surface area contributed by atoms with Crippen LogP contribution in [0.1, 0.15) is 50.5 Å². The van der Waals surface area contributed by atoms with Gasteiger partial charge in [0.15, 0.2) is 0 Å². The molecule has 0 bridgehead atoms. The summed E-state index contributed by atoms with van der Waals surface area (Å²) in [5.41, 5.74) is 3.50. The standard InChI is InChI=1S/C20H24N4O4/c1-11-6-18(26)21-8-13(11)20(28)24-9-16(17(25)10-24)23-19(27)15-7-12-4-2-3-5-14(12)22-15/h6-8,16-17,22,25H,2-5,9-10H2,1H3,(H,21,26)(H,23,27)/t16-,17+/m0/s1. The molecule has 0 saturated carbocycles. The van der Waals surface area contributed by atoms with Crippen molar-refractivity contribution in [1.29, 1.82) is 0 Å². The van der Waals surface area contributed by atoms with Crippen LogP contribution in [0.2, 0.25) is 0 Å². The van der Waals surface area contributed by atoms with Crippen molar-refractivity contribution in [3.63, 3.8) is 0 Å². The molecule has 1 aliphatic carbocycles. The van der Waals surface area contributed by atoms with E-state index in [0.29, 0.717) is 16.8 Å². The number of H-pyrrole nitrogens is 2. The van der Waals surface area contributed by atoms with Gasteiger partial charge in [-0.1, -0.05) is 0 Å². The van der Waals surface area contributed by atoms with Gasteiger partial charge in [0, 0.05) is 31.0 Å². The number of aryl methyl sites for hydroxylation is 3. The first kappa shape index (κ1) is 18.5. The summed E-state index contributed by atoms with van der Waals surface area (Å²) < 4.78 is 0. The summed E-state index contributed by atoms with van der Waals surface area (Å²) in [6.45, 7) is 2.04. The number of amides is 2. The molecular weight excluding hydrogens is 360 g/mol. The number of nitrogens with one attached hydrogen (secondary N) is 3. The molecule has 8 heteroatoms. The molecular formula is C20H24N4O4. The van der Waals surface area contributed by atoms with Gasteiger partial charge in [0.25, 0.3) is 11.8 Å². The third kappa shape index (κ3) is 3.47. The van der Waals surface area contributed by atoms with Crippen molar-refractivity contribution >= 4 is 11.8 Å². The fraction of sp³-hybridized carbons (Fsp3) is 0.450. The fourth-order valence-corrected chi connectivity index (χ4v) is 4.04. The van der Waals surface area contributed by atoms with E-state index in [1.54, 1.807) is 6.92 Å². The van der Waals surface area contributed by atoms with Gasteiger partial charge in [-0.2, -0.15) is 0 Å². The molecule has 4 N–H and O–H groups in total. The van der Waals surface area contributed by atoms with Crippen molar-refractivity contribution in [2.45, 2.75) is 44.8 Å². The molecule has 4 rings (SSSR count). The zero-order valence-electron chi connectivity index (χ0n) is 15.7. The normalized spacial score (nSPS) is 21.4. The van der Waals surface area contributed by atoms with Gasteiger partial charge < -0.3 is 25.3 Å². The van der Waals surface area contributed by atoms with Gasteiger partial charge in [-0.15, -0.1) is 0 Å². The topological polar surface area (TPSA) is 118 Å². The highest BCUT2D eigenvalue weighted by atomic mass is 16.3. The minimum absolute atomic E-state index is 0.129. The monoisotopic (exact) mass is 384 g/mol. The van der Waals surface area contributed by atoms with Gasteiger partial charge in [-0.3, -0.25) is 14.4 Å². The van der Waals surface area contributed by atoms with Crippen molar-refractivity contribution < 1.29 is 14.7 Å². The van der Waals surface area contributed by atoms with Crippen molar-refractivity contribution in [3.05, 3.63) is 56.8 Å². The van der Waals surface area contributed by atoms with Gasteiger partial charge in [0.05, 0.1) is 17.7 Å². The number of aromatic amines is 2. The summed E-state index contributed by atoms with van der Waals surface area (Å²) >= 11 is 0. The Morgan fingerprint density at radius 3 is 2.75 bits per heavy atom. The lowest BCUT2D eigenvalue weighted by Crippen LogP contribution is -2.43. The predicted octanol–water partition coefficient (Wildman–Crippen LogP) is 0.506. The van der Waals surface area contributed by atoms with Crippen LogP contribution < -0.4 is 10.9 Å². The molecule has 2 atom stereocenters. The number of pyridine rings is 1. The molecule has 0 aromatic carbocycles. The van der Waals surface area contributed by atoms with E-state index in [1.165, 1.54) is 22.7 Å². The molecule has 148 valence electrons. The van der Waals surface area contributed by atoms with Crippen LogP contribution in [0.5, 0.6) is 0 Å². The molecule has 0 unspecified atom stereocenters. The van der Waals surface area contributed by atoms with Gasteiger partial charge in [-0.05, 0) is 49.8 Å². The number of carbonyl (C=O) groups is 2. The van der Waals surface area contributed by atoms with Crippen LogP contribution in [-0.2, 0) is 12.8 Å². The number of aliphatic hydroxyl groups excluding tert-OH is 1. The molecule has 3 heterocycles. The number of aromatic nitrogens is 2. The molecule has 2 aromatic heterocycles. The largest absolute Gasteiger partial charge is 0.389 e. The Hall–Kier alpha value is -2.87. The van der Waals surface area contributed by atoms with Crippen LogP contribution in [0.3, 0.4) is 0 Å². The molecule has 0 spiro atoms. The highest BCUT2D eigenvalue weighted by Gasteiger charge is 2.36. The number of hydrogen-bond acceptors (Lipinski definition) is 4. The second-order valence-electron chi connectivity index (χ2n) is 7.65. The molecule has 8 nitrogen and oxygen atoms in total. The first-order valence-corrected chi connectivity index (χ1v) is 9.60. The second kappa shape index (κ2) is 7.27. The Balaban J connectivity index is 1.43. The summed E-state index contributed by atoms with van der Waals surface area (Å²) in [6, 6.07) is 2.71. The van der Waals surface area contributed by atoms with Gasteiger partial charge >= 0.3 is 0 Å². The molecule has 1 fully saturated rings. The van der Waals surface area contributed by atoms with E-state index in [2.05, 4.69) is 15.3 Å². The highest BCUT2D eigenvalue weighted by Crippen LogP contribution is 2.22. The van der Waals surface area contributed by atoms with E-state index >= 15 is 0 Å². The Morgan fingerprint density at radius 1 is 1.21 bits per heavy atom. The highest BCUT2D eigenvalue weighted by molar-refractivity contribution is 5.96. The van der Waals surface area contributed by atoms with Gasteiger partial charge in [0.2, 0.25) is 5.56 Å². The maximum Gasteiger partial charge on any atom is 0.268 e. The van der Waals surface area contributed by atoms with E-state index in [1.807, 2.05) is 6.07 Å². The molecule has 0 radical (unpaired) electrons. The summed E-state index contributed by atoms with van der Waals surface area (Å²) in [4.78, 5) is 43.9. The number of rotatable bonds is 3. The average Bonchev–Trinajstić information content (AvgIpc) is 3.25. The molecule has 2 aliphatic rings. The zero-order chi connectivity index (χ0) is 19.8. The van der Waals surface area contributed by atoms with Crippen LogP contribution in [-0.4, -0.2) is 57.0 Å². The minimum atomic E-state index is -0.847. The van der Waals surface area contributed by atoms with Crippen molar-refractivity contribution in [1.82, 2.24) is 20.2 Å². The van der Waals surface area contributed by atoms with Crippen LogP contribution in [0.25, 0.3) is 0 Å². The fourth-order valence-electron chi connectivity index (χ4n) is 4.04. The summed E-state index contributed by atoms with van der Waals surface area (Å²) in [7, 11) is 0. The smallest absolute Gasteiger partial charge is 0.268 e. The summed E-state index contributed by atoms with van der Waals surface area (Å²) in [5, 5.41) is 13.2. The predicted molar refractivity (Wildman–Crippen MR) is 102 cm³/mol. The van der Waals surface area contributed by atoms with E-state index in [-0.39, 0.29) is 30.5 Å². The minimum Gasteiger partial charge on any atom is -0.389 e. The lowest BCUT2D eigenvalue weighted by Gasteiger charge is -2.17. The van der Waals surface area contributed by atoms with Crippen molar-refractivity contribution in [2.24, 2.45) is 0 Å². The third-order valence-corrected chi connectivity index (χ3v) is 5.61. The lowest BCUT2D eigenvalue weighted by molar-refractivity contribution is 0.0763. The number of nitrogens with zero attached hydrogens (tertiary/aromatic N) is 1. The number of fused-ring (bicyclic) bond motifs is 1. The Kier molecular flexibility index (Phi) is 4.80. The third-order valence-electron chi connectivity index (χ3n) is 5.61. The second-order valence-corrected chi connectivity index (χ2v) is 7.65. The summed E-state index contributed by atoms with van der Waals surface area (Å²) in [5.74, 6) is -0.548. The zero-order valence-corrected chi connectivity index (χ0v) is 15.7. The average molecular weight is 384 g/mol. The maximum absolute atomic E-state index is 12.7. The summed E-state index contributed by atoms with van der Waals surface area (Å²) in [6.07, 6.45) is 4.73. The Bertz CT molecular complexity index is 953. The molecule has 1 aliphatic heterocycles. The van der Waals surface area contributed by atoms with E-state index in [4.69, 9.17) is 0 Å². The van der Waals surface area contributed by atoms with Gasteiger partial charge in [0.1, 0.15) is 5.69 Å². The SMILES string of the molecule is Cc1cc(=O)[nH]cc1C(=O)N1C[C@@H](O)[C@@H](NC(=O)c2cc3c([nH]2)CCCC3)C1. The molecule has 2 amide bonds. The van der Waals surface area contributed by atoms with E-state index in [0.717, 1.165) is 31.4 Å². The first-order chi connectivity index (χ1) is 13.4. The van der Waals surface area contributed by atoms with Crippen molar-refractivity contribution in [3.8, 4) is 0 Å². The number of β-amino-alcohol motifs (C(OH)–C–C–N with tert-alkyl or cyclic N) is 1. The molecule has 2 aromatic rings. The van der Waals surface area contributed by atoms with Crippen molar-refractivity contribution in [2.75, 3.05) is 13.1 Å². The number of carbonyl (C=O) groups excluding carboxylic acids is 2. The van der Waals surface area contributed by atoms with Crippen LogP contribution in [0, 0.1) is 6.92 Å². The number of aliphatic hydroxyl groups is 1. The van der Waals surface area contributed by atoms with Crippen LogP contribution in [0.15, 0.2) is 23.1 Å². The van der Waals surface area contributed by atoms with E-state index < -0.39 is 12.1 Å². The quantitative estimate of drug-likeness (QED) is 0.616. The Labute approximate surface area is 162 Å². The Morgan fingerprint density at radius 2 is 2.00 bits per heavy atom. The van der Waals surface area contributed by atoms with Gasteiger partial charge in [-0.25, -0.2) is 0 Å². The number of hydrogen-bond donors (Lipinski definition) is 4.